The van der Waals surface area contributed by atoms with E-state index in [9.17, 15) is 18.8 Å². The number of nitrogens with zero attached hydrogens (tertiary/aromatic N) is 2. The van der Waals surface area contributed by atoms with Crippen LogP contribution in [0.5, 0.6) is 5.75 Å². The van der Waals surface area contributed by atoms with E-state index in [0.29, 0.717) is 19.6 Å². The molecule has 0 aliphatic carbocycles. The smallest absolute Gasteiger partial charge is 0.263 e. The molecule has 6 nitrogen and oxygen atoms in total. The van der Waals surface area contributed by atoms with Crippen LogP contribution in [0.2, 0.25) is 0 Å². The van der Waals surface area contributed by atoms with Crippen LogP contribution in [0.4, 0.5) is 4.39 Å². The number of likely N-dealkylation sites (tertiary alicyclic amines) is 2. The summed E-state index contributed by atoms with van der Waals surface area (Å²) in [6.07, 6.45) is -0.235. The van der Waals surface area contributed by atoms with Crippen LogP contribution in [0.1, 0.15) is 19.8 Å². The lowest BCUT2D eigenvalue weighted by Crippen LogP contribution is -2.57. The van der Waals surface area contributed by atoms with Crippen LogP contribution < -0.4 is 4.74 Å². The van der Waals surface area contributed by atoms with Gasteiger partial charge in [-0.1, -0.05) is 12.1 Å². The molecule has 0 bridgehead atoms. The van der Waals surface area contributed by atoms with E-state index in [0.717, 1.165) is 0 Å². The Kier molecular flexibility index (Phi) is 4.51. The number of hydrogen-bond donors (Lipinski definition) is 0. The van der Waals surface area contributed by atoms with Crippen LogP contribution in [-0.4, -0.2) is 53.3 Å². The zero-order valence-electron chi connectivity index (χ0n) is 13.4. The van der Waals surface area contributed by atoms with E-state index in [1.165, 1.54) is 17.0 Å². The lowest BCUT2D eigenvalue weighted by molar-refractivity contribution is -0.146. The molecule has 1 aromatic rings. The first-order valence-corrected chi connectivity index (χ1v) is 7.99. The van der Waals surface area contributed by atoms with Crippen LogP contribution >= 0.6 is 0 Å². The van der Waals surface area contributed by atoms with Crippen LogP contribution in [0.25, 0.3) is 0 Å². The summed E-state index contributed by atoms with van der Waals surface area (Å²) in [5.41, 5.74) is 0. The normalized spacial score (nSPS) is 19.4. The van der Waals surface area contributed by atoms with Gasteiger partial charge in [0.2, 0.25) is 11.8 Å². The molecule has 24 heavy (non-hydrogen) atoms. The maximum Gasteiger partial charge on any atom is 0.263 e. The molecular formula is C17H19FN2O4. The van der Waals surface area contributed by atoms with Gasteiger partial charge in [0.1, 0.15) is 0 Å². The number of halogens is 1. The minimum atomic E-state index is -0.794. The molecule has 1 aromatic carbocycles. The highest BCUT2D eigenvalue weighted by molar-refractivity contribution is 6.01. The molecule has 2 aliphatic heterocycles. The highest BCUT2D eigenvalue weighted by atomic mass is 19.1. The number of benzene rings is 1. The Labute approximate surface area is 139 Å². The quantitative estimate of drug-likeness (QED) is 0.759. The Hall–Kier alpha value is -2.44. The summed E-state index contributed by atoms with van der Waals surface area (Å²) in [6, 6.07) is 5.94. The number of hydrogen-bond acceptors (Lipinski definition) is 4. The molecule has 2 aliphatic rings. The van der Waals surface area contributed by atoms with Gasteiger partial charge in [0, 0.05) is 38.4 Å². The highest BCUT2D eigenvalue weighted by Crippen LogP contribution is 2.23. The fourth-order valence-electron chi connectivity index (χ4n) is 2.99. The molecule has 2 saturated heterocycles. The number of ether oxygens (including phenoxy) is 1. The second-order valence-electron chi connectivity index (χ2n) is 6.20. The predicted octanol–water partition coefficient (Wildman–Crippen LogP) is 1.20. The highest BCUT2D eigenvalue weighted by Gasteiger charge is 2.38. The average molecular weight is 334 g/mol. The number of rotatable bonds is 5. The van der Waals surface area contributed by atoms with Crippen molar-refractivity contribution in [1.29, 1.82) is 0 Å². The van der Waals surface area contributed by atoms with Gasteiger partial charge in [0.25, 0.3) is 5.91 Å². The Bertz CT molecular complexity index is 656. The summed E-state index contributed by atoms with van der Waals surface area (Å²) >= 11 is 0. The van der Waals surface area contributed by atoms with Gasteiger partial charge in [-0.05, 0) is 19.1 Å². The van der Waals surface area contributed by atoms with Gasteiger partial charge in [0.05, 0.1) is 0 Å². The van der Waals surface area contributed by atoms with E-state index in [2.05, 4.69) is 0 Å². The van der Waals surface area contributed by atoms with E-state index in [4.69, 9.17) is 4.74 Å². The molecule has 1 atom stereocenters. The Balaban J connectivity index is 1.48. The third-order valence-corrected chi connectivity index (χ3v) is 4.35. The van der Waals surface area contributed by atoms with Crippen LogP contribution in [0, 0.1) is 11.7 Å². The molecule has 2 fully saturated rings. The van der Waals surface area contributed by atoms with E-state index in [1.54, 1.807) is 24.0 Å². The topological polar surface area (TPSA) is 66.9 Å². The molecule has 7 heteroatoms. The number of carbonyl (C=O) groups is 3. The van der Waals surface area contributed by atoms with E-state index in [1.807, 2.05) is 0 Å². The number of imide groups is 1. The van der Waals surface area contributed by atoms with Gasteiger partial charge >= 0.3 is 0 Å². The van der Waals surface area contributed by atoms with Crippen LogP contribution in [0.15, 0.2) is 24.3 Å². The molecule has 0 radical (unpaired) electrons. The molecular weight excluding hydrogens is 315 g/mol. The Morgan fingerprint density at radius 3 is 2.50 bits per heavy atom. The molecule has 1 unspecified atom stereocenters. The summed E-state index contributed by atoms with van der Waals surface area (Å²) < 4.78 is 18.9. The Morgan fingerprint density at radius 2 is 1.88 bits per heavy atom. The first kappa shape index (κ1) is 16.4. The zero-order valence-corrected chi connectivity index (χ0v) is 13.4. The summed E-state index contributed by atoms with van der Waals surface area (Å²) in [4.78, 5) is 38.3. The van der Waals surface area contributed by atoms with Crippen molar-refractivity contribution in [3.05, 3.63) is 30.1 Å². The predicted molar refractivity (Wildman–Crippen MR) is 82.5 cm³/mol. The van der Waals surface area contributed by atoms with Crippen molar-refractivity contribution in [2.24, 2.45) is 5.92 Å². The van der Waals surface area contributed by atoms with E-state index >= 15 is 0 Å². The van der Waals surface area contributed by atoms with Gasteiger partial charge < -0.3 is 9.64 Å². The first-order valence-electron chi connectivity index (χ1n) is 7.99. The van der Waals surface area contributed by atoms with Crippen molar-refractivity contribution in [2.45, 2.75) is 25.9 Å². The summed E-state index contributed by atoms with van der Waals surface area (Å²) in [7, 11) is 0. The zero-order chi connectivity index (χ0) is 17.3. The number of carbonyl (C=O) groups excluding carboxylic acids is 3. The second-order valence-corrected chi connectivity index (χ2v) is 6.20. The van der Waals surface area contributed by atoms with Crippen molar-refractivity contribution in [1.82, 2.24) is 9.80 Å². The standard InChI is InChI=1S/C17H19FN2O4/c1-11(24-14-5-3-2-4-13(14)18)17(23)19-8-12(9-19)10-20-15(21)6-7-16(20)22/h2-5,11-12H,6-10H2,1H3. The number of amides is 3. The van der Waals surface area contributed by atoms with Crippen molar-refractivity contribution < 1.29 is 23.5 Å². The van der Waals surface area contributed by atoms with Gasteiger partial charge in [-0.2, -0.15) is 0 Å². The third kappa shape index (κ3) is 3.25. The van der Waals surface area contributed by atoms with E-state index in [-0.39, 0.29) is 42.2 Å². The maximum atomic E-state index is 13.6. The van der Waals surface area contributed by atoms with Crippen molar-refractivity contribution in [3.63, 3.8) is 0 Å². The van der Waals surface area contributed by atoms with Gasteiger partial charge in [-0.3, -0.25) is 19.3 Å². The molecule has 3 amide bonds. The van der Waals surface area contributed by atoms with Crippen molar-refractivity contribution >= 4 is 17.7 Å². The van der Waals surface area contributed by atoms with Crippen LogP contribution in [-0.2, 0) is 14.4 Å². The van der Waals surface area contributed by atoms with E-state index < -0.39 is 11.9 Å². The summed E-state index contributed by atoms with van der Waals surface area (Å²) in [6.45, 7) is 2.89. The van der Waals surface area contributed by atoms with Gasteiger partial charge in [-0.15, -0.1) is 0 Å². The molecule has 0 N–H and O–H groups in total. The maximum absolute atomic E-state index is 13.6. The molecule has 0 spiro atoms. The fourth-order valence-corrected chi connectivity index (χ4v) is 2.99. The molecule has 2 heterocycles. The van der Waals surface area contributed by atoms with Crippen LogP contribution in [0.3, 0.4) is 0 Å². The third-order valence-electron chi connectivity index (χ3n) is 4.35. The molecule has 0 aromatic heterocycles. The molecule has 128 valence electrons. The number of para-hydroxylation sites is 1. The Morgan fingerprint density at radius 1 is 1.25 bits per heavy atom. The average Bonchev–Trinajstić information content (AvgIpc) is 2.83. The minimum absolute atomic E-state index is 0.0451. The second kappa shape index (κ2) is 6.59. The first-order chi connectivity index (χ1) is 11.5. The largest absolute Gasteiger partial charge is 0.478 e. The van der Waals surface area contributed by atoms with Crippen molar-refractivity contribution in [2.75, 3.05) is 19.6 Å². The van der Waals surface area contributed by atoms with Gasteiger partial charge in [-0.25, -0.2) is 4.39 Å². The monoisotopic (exact) mass is 334 g/mol. The lowest BCUT2D eigenvalue weighted by Gasteiger charge is -2.41. The summed E-state index contributed by atoms with van der Waals surface area (Å²) in [5.74, 6) is -0.871. The molecule has 3 rings (SSSR count). The SMILES string of the molecule is CC(Oc1ccccc1F)C(=O)N1CC(CN2C(=O)CCC2=O)C1. The summed E-state index contributed by atoms with van der Waals surface area (Å²) in [5, 5.41) is 0. The van der Waals surface area contributed by atoms with Crippen molar-refractivity contribution in [3.8, 4) is 5.75 Å². The fraction of sp³-hybridized carbons (Fsp3) is 0.471. The lowest BCUT2D eigenvalue weighted by atomic mass is 9.98. The minimum Gasteiger partial charge on any atom is -0.478 e. The van der Waals surface area contributed by atoms with Gasteiger partial charge in [0.15, 0.2) is 17.7 Å². The molecule has 0 saturated carbocycles.